The van der Waals surface area contributed by atoms with Gasteiger partial charge in [-0.15, -0.1) is 0 Å². The van der Waals surface area contributed by atoms with E-state index in [1.54, 1.807) is 6.07 Å². The highest BCUT2D eigenvalue weighted by Gasteiger charge is 2.12. The van der Waals surface area contributed by atoms with Crippen molar-refractivity contribution in [1.29, 1.82) is 0 Å². The normalized spacial score (nSPS) is 16.9. The van der Waals surface area contributed by atoms with Crippen molar-refractivity contribution in [2.24, 2.45) is 0 Å². The molecule has 3 heterocycles. The second-order valence-corrected chi connectivity index (χ2v) is 5.24. The van der Waals surface area contributed by atoms with E-state index in [0.717, 1.165) is 49.4 Å². The molecule has 0 bridgehead atoms. The van der Waals surface area contributed by atoms with Gasteiger partial charge in [0.1, 0.15) is 10.3 Å². The molecule has 0 radical (unpaired) electrons. The SMILES string of the molecule is Clc1cc2nc(CN3CCOCC3)ccc2c(Cl)n1. The number of rotatable bonds is 2. The first-order valence-corrected chi connectivity index (χ1v) is 6.90. The van der Waals surface area contributed by atoms with Gasteiger partial charge in [0.15, 0.2) is 0 Å². The monoisotopic (exact) mass is 297 g/mol. The zero-order valence-electron chi connectivity index (χ0n) is 10.3. The Bertz CT molecular complexity index is 600. The zero-order chi connectivity index (χ0) is 13.2. The van der Waals surface area contributed by atoms with Gasteiger partial charge in [-0.2, -0.15) is 0 Å². The molecule has 1 fully saturated rings. The highest BCUT2D eigenvalue weighted by molar-refractivity contribution is 6.36. The molecule has 0 amide bonds. The van der Waals surface area contributed by atoms with Gasteiger partial charge in [-0.25, -0.2) is 4.98 Å². The maximum atomic E-state index is 6.04. The van der Waals surface area contributed by atoms with Crippen molar-refractivity contribution in [2.45, 2.75) is 6.54 Å². The summed E-state index contributed by atoms with van der Waals surface area (Å²) in [5.74, 6) is 0. The maximum Gasteiger partial charge on any atom is 0.140 e. The Morgan fingerprint density at radius 3 is 2.74 bits per heavy atom. The van der Waals surface area contributed by atoms with Crippen molar-refractivity contribution in [3.8, 4) is 0 Å². The first kappa shape index (κ1) is 13.1. The summed E-state index contributed by atoms with van der Waals surface area (Å²) >= 11 is 11.9. The van der Waals surface area contributed by atoms with Crippen LogP contribution in [0.5, 0.6) is 0 Å². The highest BCUT2D eigenvalue weighted by Crippen LogP contribution is 2.23. The van der Waals surface area contributed by atoms with Gasteiger partial charge in [0, 0.05) is 31.1 Å². The van der Waals surface area contributed by atoms with E-state index >= 15 is 0 Å². The lowest BCUT2D eigenvalue weighted by Crippen LogP contribution is -2.35. The van der Waals surface area contributed by atoms with Gasteiger partial charge in [-0.05, 0) is 12.1 Å². The highest BCUT2D eigenvalue weighted by atomic mass is 35.5. The molecule has 1 aliphatic heterocycles. The molecule has 0 aliphatic carbocycles. The van der Waals surface area contributed by atoms with Crippen LogP contribution >= 0.6 is 23.2 Å². The Kier molecular flexibility index (Phi) is 3.84. The first-order valence-electron chi connectivity index (χ1n) is 6.14. The molecular weight excluding hydrogens is 285 g/mol. The maximum absolute atomic E-state index is 6.04. The fourth-order valence-corrected chi connectivity index (χ4v) is 2.66. The fourth-order valence-electron chi connectivity index (χ4n) is 2.18. The van der Waals surface area contributed by atoms with Gasteiger partial charge in [-0.1, -0.05) is 23.2 Å². The predicted molar refractivity (Wildman–Crippen MR) is 75.7 cm³/mol. The number of nitrogens with zero attached hydrogens (tertiary/aromatic N) is 3. The summed E-state index contributed by atoms with van der Waals surface area (Å²) in [5, 5.41) is 1.60. The molecule has 1 saturated heterocycles. The fraction of sp³-hybridized carbons (Fsp3) is 0.385. The summed E-state index contributed by atoms with van der Waals surface area (Å²) in [5.41, 5.74) is 1.79. The minimum atomic E-state index is 0.369. The van der Waals surface area contributed by atoms with E-state index < -0.39 is 0 Å². The number of hydrogen-bond donors (Lipinski definition) is 0. The van der Waals surface area contributed by atoms with Gasteiger partial charge in [0.25, 0.3) is 0 Å². The Hall–Kier alpha value is -0.940. The molecule has 0 saturated carbocycles. The second-order valence-electron chi connectivity index (χ2n) is 4.49. The number of morpholine rings is 1. The molecule has 0 aromatic carbocycles. The first-order chi connectivity index (χ1) is 9.22. The Labute approximate surface area is 121 Å². The lowest BCUT2D eigenvalue weighted by atomic mass is 10.2. The number of halogens is 2. The van der Waals surface area contributed by atoms with Crippen molar-refractivity contribution in [3.05, 3.63) is 34.2 Å². The molecule has 0 unspecified atom stereocenters. The van der Waals surface area contributed by atoms with Gasteiger partial charge in [0.05, 0.1) is 24.4 Å². The van der Waals surface area contributed by atoms with Crippen LogP contribution in [0.4, 0.5) is 0 Å². The van der Waals surface area contributed by atoms with Crippen molar-refractivity contribution in [2.75, 3.05) is 26.3 Å². The van der Waals surface area contributed by atoms with Crippen LogP contribution in [0.1, 0.15) is 5.69 Å². The van der Waals surface area contributed by atoms with Gasteiger partial charge in [0.2, 0.25) is 0 Å². The largest absolute Gasteiger partial charge is 0.379 e. The van der Waals surface area contributed by atoms with Crippen LogP contribution in [-0.4, -0.2) is 41.2 Å². The molecule has 19 heavy (non-hydrogen) atoms. The summed E-state index contributed by atoms with van der Waals surface area (Å²) in [6, 6.07) is 5.68. The zero-order valence-corrected chi connectivity index (χ0v) is 11.8. The molecule has 100 valence electrons. The minimum Gasteiger partial charge on any atom is -0.379 e. The molecule has 1 aliphatic rings. The molecule has 4 nitrogen and oxygen atoms in total. The van der Waals surface area contributed by atoms with Gasteiger partial charge in [-0.3, -0.25) is 9.88 Å². The third-order valence-corrected chi connectivity index (χ3v) is 3.64. The quantitative estimate of drug-likeness (QED) is 0.799. The smallest absolute Gasteiger partial charge is 0.140 e. The van der Waals surface area contributed by atoms with E-state index in [4.69, 9.17) is 27.9 Å². The van der Waals surface area contributed by atoms with E-state index in [9.17, 15) is 0 Å². The van der Waals surface area contributed by atoms with E-state index in [1.807, 2.05) is 12.1 Å². The lowest BCUT2D eigenvalue weighted by molar-refractivity contribution is 0.0337. The van der Waals surface area contributed by atoms with Crippen molar-refractivity contribution in [1.82, 2.24) is 14.9 Å². The number of fused-ring (bicyclic) bond motifs is 1. The summed E-state index contributed by atoms with van der Waals surface area (Å²) < 4.78 is 5.33. The predicted octanol–water partition coefficient (Wildman–Crippen LogP) is 2.77. The summed E-state index contributed by atoms with van der Waals surface area (Å²) in [4.78, 5) is 10.9. The van der Waals surface area contributed by atoms with Crippen molar-refractivity contribution < 1.29 is 4.74 Å². The number of pyridine rings is 2. The average Bonchev–Trinajstić information content (AvgIpc) is 2.39. The Morgan fingerprint density at radius 2 is 1.95 bits per heavy atom. The Morgan fingerprint density at radius 1 is 1.16 bits per heavy atom. The van der Waals surface area contributed by atoms with Crippen LogP contribution in [0.25, 0.3) is 10.9 Å². The summed E-state index contributed by atoms with van der Waals surface area (Å²) in [6.07, 6.45) is 0. The van der Waals surface area contributed by atoms with Crippen LogP contribution in [0.2, 0.25) is 10.3 Å². The van der Waals surface area contributed by atoms with E-state index in [0.29, 0.717) is 10.3 Å². The minimum absolute atomic E-state index is 0.369. The van der Waals surface area contributed by atoms with Crippen LogP contribution in [-0.2, 0) is 11.3 Å². The van der Waals surface area contributed by atoms with Crippen LogP contribution in [0.15, 0.2) is 18.2 Å². The topological polar surface area (TPSA) is 38.2 Å². The second kappa shape index (κ2) is 5.59. The lowest BCUT2D eigenvalue weighted by Gasteiger charge is -2.26. The molecule has 2 aromatic rings. The van der Waals surface area contributed by atoms with Crippen LogP contribution in [0, 0.1) is 0 Å². The molecule has 0 spiro atoms. The average molecular weight is 298 g/mol. The van der Waals surface area contributed by atoms with Crippen molar-refractivity contribution >= 4 is 34.1 Å². The molecule has 2 aromatic heterocycles. The van der Waals surface area contributed by atoms with Crippen molar-refractivity contribution in [3.63, 3.8) is 0 Å². The molecule has 0 atom stereocenters. The molecule has 0 N–H and O–H groups in total. The van der Waals surface area contributed by atoms with Gasteiger partial charge >= 0.3 is 0 Å². The number of aromatic nitrogens is 2. The van der Waals surface area contributed by atoms with E-state index in [1.165, 1.54) is 0 Å². The standard InChI is InChI=1S/C13H13Cl2N3O/c14-12-7-11-10(13(15)17-12)2-1-9(16-11)8-18-3-5-19-6-4-18/h1-2,7H,3-6,8H2. The molecule has 3 rings (SSSR count). The van der Waals surface area contributed by atoms with Crippen LogP contribution in [0.3, 0.4) is 0 Å². The number of ether oxygens (including phenoxy) is 1. The van der Waals surface area contributed by atoms with Crippen LogP contribution < -0.4 is 0 Å². The molecular formula is C13H13Cl2N3O. The molecule has 6 heteroatoms. The Balaban J connectivity index is 1.88. The third kappa shape index (κ3) is 2.98. The summed E-state index contributed by atoms with van der Waals surface area (Å²) in [7, 11) is 0. The van der Waals surface area contributed by atoms with E-state index in [-0.39, 0.29) is 0 Å². The summed E-state index contributed by atoms with van der Waals surface area (Å²) in [6.45, 7) is 4.27. The van der Waals surface area contributed by atoms with E-state index in [2.05, 4.69) is 14.9 Å². The number of hydrogen-bond acceptors (Lipinski definition) is 4. The van der Waals surface area contributed by atoms with Gasteiger partial charge < -0.3 is 4.74 Å². The third-order valence-electron chi connectivity index (χ3n) is 3.15.